The van der Waals surface area contributed by atoms with E-state index in [0.29, 0.717) is 23.1 Å². The second kappa shape index (κ2) is 5.10. The first-order chi connectivity index (χ1) is 8.16. The van der Waals surface area contributed by atoms with Gasteiger partial charge in [0.1, 0.15) is 5.75 Å². The second-order valence-corrected chi connectivity index (χ2v) is 4.14. The number of rotatable bonds is 4. The van der Waals surface area contributed by atoms with Crippen LogP contribution in [0.15, 0.2) is 30.5 Å². The summed E-state index contributed by atoms with van der Waals surface area (Å²) < 4.78 is 7.42. The summed E-state index contributed by atoms with van der Waals surface area (Å²) in [5.41, 5.74) is 7.42. The number of nitrogens with zero attached hydrogens (tertiary/aromatic N) is 2. The van der Waals surface area contributed by atoms with E-state index in [-0.39, 0.29) is 0 Å². The fourth-order valence-corrected chi connectivity index (χ4v) is 1.71. The van der Waals surface area contributed by atoms with Gasteiger partial charge in [0.2, 0.25) is 0 Å². The molecule has 0 spiro atoms. The molecule has 0 amide bonds. The zero-order valence-corrected chi connectivity index (χ0v) is 10.3. The maximum atomic E-state index is 5.99. The van der Waals surface area contributed by atoms with E-state index in [2.05, 4.69) is 5.10 Å². The van der Waals surface area contributed by atoms with Gasteiger partial charge < -0.3 is 10.5 Å². The van der Waals surface area contributed by atoms with Crippen LogP contribution in [0.25, 0.3) is 0 Å². The fourth-order valence-electron chi connectivity index (χ4n) is 1.54. The second-order valence-electron chi connectivity index (χ2n) is 3.73. The van der Waals surface area contributed by atoms with E-state index < -0.39 is 0 Å². The number of aromatic nitrogens is 2. The third-order valence-corrected chi connectivity index (χ3v) is 2.81. The van der Waals surface area contributed by atoms with E-state index in [9.17, 15) is 0 Å². The number of hydrogen-bond acceptors (Lipinski definition) is 3. The van der Waals surface area contributed by atoms with Crippen molar-refractivity contribution in [2.24, 2.45) is 7.05 Å². The third kappa shape index (κ3) is 2.91. The average Bonchev–Trinajstić information content (AvgIpc) is 2.70. The van der Waals surface area contributed by atoms with Gasteiger partial charge in [-0.05, 0) is 18.2 Å². The molecule has 1 aromatic carbocycles. The van der Waals surface area contributed by atoms with Crippen LogP contribution in [0.2, 0.25) is 5.02 Å². The Bertz CT molecular complexity index is 510. The highest BCUT2D eigenvalue weighted by molar-refractivity contribution is 6.32. The van der Waals surface area contributed by atoms with Gasteiger partial charge in [0.25, 0.3) is 0 Å². The minimum absolute atomic E-state index is 0.544. The molecule has 0 saturated carbocycles. The molecule has 0 radical (unpaired) electrons. The quantitative estimate of drug-likeness (QED) is 0.849. The molecule has 4 nitrogen and oxygen atoms in total. The molecule has 17 heavy (non-hydrogen) atoms. The first kappa shape index (κ1) is 11.8. The van der Waals surface area contributed by atoms with Crippen molar-refractivity contribution in [1.82, 2.24) is 9.78 Å². The average molecular weight is 252 g/mol. The van der Waals surface area contributed by atoms with Gasteiger partial charge in [-0.1, -0.05) is 11.6 Å². The Labute approximate surface area is 105 Å². The van der Waals surface area contributed by atoms with Crippen molar-refractivity contribution in [3.8, 4) is 5.75 Å². The standard InChI is InChI=1S/C12H14ClN3O/c1-16-10(4-6-15-16)5-7-17-12-8-9(14)2-3-11(12)13/h2-4,6,8H,5,7,14H2,1H3. The van der Waals surface area contributed by atoms with Gasteiger partial charge in [-0.2, -0.15) is 5.10 Å². The highest BCUT2D eigenvalue weighted by Gasteiger charge is 2.03. The van der Waals surface area contributed by atoms with Crippen molar-refractivity contribution in [2.75, 3.05) is 12.3 Å². The topological polar surface area (TPSA) is 53.1 Å². The number of benzene rings is 1. The summed E-state index contributed by atoms with van der Waals surface area (Å²) in [4.78, 5) is 0. The van der Waals surface area contributed by atoms with Crippen LogP contribution in [-0.2, 0) is 13.5 Å². The first-order valence-corrected chi connectivity index (χ1v) is 5.69. The molecule has 2 aromatic rings. The lowest BCUT2D eigenvalue weighted by molar-refractivity contribution is 0.319. The molecule has 0 bridgehead atoms. The lowest BCUT2D eigenvalue weighted by Gasteiger charge is -2.08. The highest BCUT2D eigenvalue weighted by Crippen LogP contribution is 2.26. The van der Waals surface area contributed by atoms with Gasteiger partial charge in [-0.3, -0.25) is 4.68 Å². The Morgan fingerprint density at radius 3 is 2.94 bits per heavy atom. The van der Waals surface area contributed by atoms with Gasteiger partial charge in [0, 0.05) is 37.1 Å². The van der Waals surface area contributed by atoms with Crippen LogP contribution in [0.1, 0.15) is 5.69 Å². The van der Waals surface area contributed by atoms with Crippen molar-refractivity contribution < 1.29 is 4.74 Å². The number of ether oxygens (including phenoxy) is 1. The molecule has 0 aliphatic heterocycles. The molecule has 0 aliphatic rings. The molecular weight excluding hydrogens is 238 g/mol. The van der Waals surface area contributed by atoms with Crippen LogP contribution < -0.4 is 10.5 Å². The summed E-state index contributed by atoms with van der Waals surface area (Å²) in [5, 5.41) is 4.66. The lowest BCUT2D eigenvalue weighted by Crippen LogP contribution is -2.06. The molecule has 0 fully saturated rings. The summed E-state index contributed by atoms with van der Waals surface area (Å²) in [6.45, 7) is 0.544. The number of halogens is 1. The summed E-state index contributed by atoms with van der Waals surface area (Å²) in [6, 6.07) is 7.17. The van der Waals surface area contributed by atoms with Gasteiger partial charge in [-0.25, -0.2) is 0 Å². The Morgan fingerprint density at radius 2 is 2.24 bits per heavy atom. The SMILES string of the molecule is Cn1nccc1CCOc1cc(N)ccc1Cl. The van der Waals surface area contributed by atoms with E-state index in [1.54, 1.807) is 24.4 Å². The molecule has 5 heteroatoms. The van der Waals surface area contributed by atoms with E-state index in [1.807, 2.05) is 17.8 Å². The fraction of sp³-hybridized carbons (Fsp3) is 0.250. The molecule has 2 rings (SSSR count). The number of aryl methyl sites for hydroxylation is 1. The Kier molecular flexibility index (Phi) is 3.54. The molecule has 1 aromatic heterocycles. The van der Waals surface area contributed by atoms with E-state index in [1.165, 1.54) is 0 Å². The minimum Gasteiger partial charge on any atom is -0.492 e. The van der Waals surface area contributed by atoms with Crippen LogP contribution in [-0.4, -0.2) is 16.4 Å². The monoisotopic (exact) mass is 251 g/mol. The largest absolute Gasteiger partial charge is 0.492 e. The van der Waals surface area contributed by atoms with Crippen LogP contribution >= 0.6 is 11.6 Å². The van der Waals surface area contributed by atoms with Crippen LogP contribution in [0.5, 0.6) is 5.75 Å². The number of anilines is 1. The zero-order chi connectivity index (χ0) is 12.3. The maximum Gasteiger partial charge on any atom is 0.139 e. The normalized spacial score (nSPS) is 10.5. The molecule has 0 atom stereocenters. The molecular formula is C12H14ClN3O. The van der Waals surface area contributed by atoms with Gasteiger partial charge in [0.05, 0.1) is 11.6 Å². The molecule has 0 unspecified atom stereocenters. The predicted octanol–water partition coefficient (Wildman–Crippen LogP) is 2.28. The van der Waals surface area contributed by atoms with E-state index >= 15 is 0 Å². The zero-order valence-electron chi connectivity index (χ0n) is 9.56. The van der Waals surface area contributed by atoms with Crippen molar-refractivity contribution in [2.45, 2.75) is 6.42 Å². The van der Waals surface area contributed by atoms with Crippen molar-refractivity contribution in [3.05, 3.63) is 41.2 Å². The van der Waals surface area contributed by atoms with Gasteiger partial charge in [0.15, 0.2) is 0 Å². The molecule has 0 saturated heterocycles. The summed E-state index contributed by atoms with van der Waals surface area (Å²) >= 11 is 5.99. The predicted molar refractivity (Wildman–Crippen MR) is 68.3 cm³/mol. The van der Waals surface area contributed by atoms with Crippen molar-refractivity contribution >= 4 is 17.3 Å². The molecule has 1 heterocycles. The lowest BCUT2D eigenvalue weighted by atomic mass is 10.3. The number of hydrogen-bond donors (Lipinski definition) is 1. The van der Waals surface area contributed by atoms with Crippen LogP contribution in [0, 0.1) is 0 Å². The minimum atomic E-state index is 0.544. The molecule has 2 N–H and O–H groups in total. The highest BCUT2D eigenvalue weighted by atomic mass is 35.5. The molecule has 0 aliphatic carbocycles. The first-order valence-electron chi connectivity index (χ1n) is 5.31. The summed E-state index contributed by atoms with van der Waals surface area (Å²) in [6.07, 6.45) is 2.55. The third-order valence-electron chi connectivity index (χ3n) is 2.49. The summed E-state index contributed by atoms with van der Waals surface area (Å²) in [7, 11) is 1.91. The van der Waals surface area contributed by atoms with Crippen LogP contribution in [0.3, 0.4) is 0 Å². The Morgan fingerprint density at radius 1 is 1.41 bits per heavy atom. The van der Waals surface area contributed by atoms with Gasteiger partial charge >= 0.3 is 0 Å². The maximum absolute atomic E-state index is 5.99. The number of nitrogen functional groups attached to an aromatic ring is 1. The van der Waals surface area contributed by atoms with Gasteiger partial charge in [-0.15, -0.1) is 0 Å². The summed E-state index contributed by atoms with van der Waals surface area (Å²) in [5.74, 6) is 0.619. The molecule has 90 valence electrons. The van der Waals surface area contributed by atoms with E-state index in [4.69, 9.17) is 22.1 Å². The Balaban J connectivity index is 1.94. The van der Waals surface area contributed by atoms with E-state index in [0.717, 1.165) is 12.1 Å². The van der Waals surface area contributed by atoms with Crippen molar-refractivity contribution in [1.29, 1.82) is 0 Å². The number of nitrogens with two attached hydrogens (primary N) is 1. The smallest absolute Gasteiger partial charge is 0.139 e. The Hall–Kier alpha value is -1.68. The van der Waals surface area contributed by atoms with Crippen LogP contribution in [0.4, 0.5) is 5.69 Å². The van der Waals surface area contributed by atoms with Crippen molar-refractivity contribution in [3.63, 3.8) is 0 Å².